The largest absolute Gasteiger partial charge is 0.444 e. The van der Waals surface area contributed by atoms with Crippen molar-refractivity contribution in [2.75, 3.05) is 26.2 Å². The van der Waals surface area contributed by atoms with E-state index in [-0.39, 0.29) is 17.5 Å². The lowest BCUT2D eigenvalue weighted by Crippen LogP contribution is -2.41. The highest BCUT2D eigenvalue weighted by atomic mass is 19.4. The molecule has 7 nitrogen and oxygen atoms in total. The van der Waals surface area contributed by atoms with Crippen LogP contribution >= 0.6 is 0 Å². The zero-order valence-electron chi connectivity index (χ0n) is 19.7. The number of halogens is 3. The maximum absolute atomic E-state index is 13.7. The van der Waals surface area contributed by atoms with Crippen LogP contribution in [0.2, 0.25) is 0 Å². The first-order valence-corrected chi connectivity index (χ1v) is 11.2. The molecule has 0 spiro atoms. The zero-order chi connectivity index (χ0) is 24.6. The van der Waals surface area contributed by atoms with Crippen molar-refractivity contribution >= 4 is 17.5 Å². The van der Waals surface area contributed by atoms with Gasteiger partial charge in [0.1, 0.15) is 5.60 Å². The van der Waals surface area contributed by atoms with Gasteiger partial charge in [-0.05, 0) is 71.1 Å². The topological polar surface area (TPSA) is 67.2 Å². The van der Waals surface area contributed by atoms with Crippen molar-refractivity contribution in [3.63, 3.8) is 0 Å². The minimum absolute atomic E-state index is 0.0503. The van der Waals surface area contributed by atoms with Crippen LogP contribution in [0, 0.1) is 0 Å². The van der Waals surface area contributed by atoms with E-state index >= 15 is 0 Å². The van der Waals surface area contributed by atoms with E-state index in [9.17, 15) is 22.8 Å². The standard InChI is InChI=1S/C23H31F3N4O3/c1-6-28(7-2)20(31)18-17-14-16(10-13-30(17)27-19(18)23(24,25)26)15-8-11-29(12-9-15)21(32)33-22(3,4)5/h10,13-15H,6-9,11-12H2,1-5H3. The van der Waals surface area contributed by atoms with Gasteiger partial charge in [-0.25, -0.2) is 9.31 Å². The summed E-state index contributed by atoms with van der Waals surface area (Å²) in [6.07, 6.45) is -2.35. The minimum atomic E-state index is -4.75. The summed E-state index contributed by atoms with van der Waals surface area (Å²) >= 11 is 0. The molecule has 2 aromatic heterocycles. The highest BCUT2D eigenvalue weighted by Gasteiger charge is 2.41. The Morgan fingerprint density at radius 1 is 1.15 bits per heavy atom. The monoisotopic (exact) mass is 468 g/mol. The van der Waals surface area contributed by atoms with Crippen molar-refractivity contribution < 1.29 is 27.5 Å². The molecule has 33 heavy (non-hydrogen) atoms. The first-order valence-electron chi connectivity index (χ1n) is 11.2. The average molecular weight is 469 g/mol. The van der Waals surface area contributed by atoms with Crippen LogP contribution in [0.5, 0.6) is 0 Å². The zero-order valence-corrected chi connectivity index (χ0v) is 19.7. The van der Waals surface area contributed by atoms with Crippen molar-refractivity contribution in [2.45, 2.75) is 65.2 Å². The predicted molar refractivity (Wildman–Crippen MR) is 117 cm³/mol. The number of hydrogen-bond donors (Lipinski definition) is 0. The number of nitrogens with zero attached hydrogens (tertiary/aromatic N) is 4. The molecule has 1 saturated heterocycles. The Kier molecular flexibility index (Phi) is 6.95. The number of piperidine rings is 1. The molecule has 0 atom stereocenters. The number of amides is 2. The van der Waals surface area contributed by atoms with E-state index in [2.05, 4.69) is 5.10 Å². The van der Waals surface area contributed by atoms with E-state index in [1.165, 1.54) is 11.1 Å². The van der Waals surface area contributed by atoms with Gasteiger partial charge in [0.05, 0.1) is 11.1 Å². The Labute approximate surface area is 191 Å². The van der Waals surface area contributed by atoms with Crippen LogP contribution in [0.1, 0.15) is 75.0 Å². The number of hydrogen-bond acceptors (Lipinski definition) is 4. The van der Waals surface area contributed by atoms with Crippen LogP contribution < -0.4 is 0 Å². The smallest absolute Gasteiger partial charge is 0.436 e. The van der Waals surface area contributed by atoms with Crippen LogP contribution in [0.4, 0.5) is 18.0 Å². The summed E-state index contributed by atoms with van der Waals surface area (Å²) in [5, 5.41) is 3.69. The third-order valence-corrected chi connectivity index (χ3v) is 5.81. The SMILES string of the molecule is CCN(CC)C(=O)c1c(C(F)(F)F)nn2ccc(C3CCN(C(=O)OC(C)(C)C)CC3)cc12. The lowest BCUT2D eigenvalue weighted by molar-refractivity contribution is -0.141. The molecule has 0 bridgehead atoms. The van der Waals surface area contributed by atoms with Crippen molar-refractivity contribution in [3.8, 4) is 0 Å². The molecule has 10 heteroatoms. The van der Waals surface area contributed by atoms with Crippen LogP contribution in [0.3, 0.4) is 0 Å². The first kappa shape index (κ1) is 24.9. The van der Waals surface area contributed by atoms with Gasteiger partial charge in [0.15, 0.2) is 5.69 Å². The summed E-state index contributed by atoms with van der Waals surface area (Å²) in [7, 11) is 0. The van der Waals surface area contributed by atoms with Gasteiger partial charge in [-0.15, -0.1) is 0 Å². The molecule has 0 N–H and O–H groups in total. The molecule has 0 aliphatic carbocycles. The van der Waals surface area contributed by atoms with Crippen molar-refractivity contribution in [1.82, 2.24) is 19.4 Å². The average Bonchev–Trinajstić information content (AvgIpc) is 3.12. The fourth-order valence-electron chi connectivity index (χ4n) is 4.12. The molecule has 1 aliphatic heterocycles. The quantitative estimate of drug-likeness (QED) is 0.637. The predicted octanol–water partition coefficient (Wildman–Crippen LogP) is 4.95. The Morgan fingerprint density at radius 2 is 1.76 bits per heavy atom. The number of carbonyl (C=O) groups excluding carboxylic acids is 2. The van der Waals surface area contributed by atoms with Gasteiger partial charge in [-0.3, -0.25) is 4.79 Å². The first-order chi connectivity index (χ1) is 15.4. The third kappa shape index (κ3) is 5.42. The molecule has 1 aliphatic rings. The van der Waals surface area contributed by atoms with E-state index in [0.29, 0.717) is 39.0 Å². The fraction of sp³-hybridized carbons (Fsp3) is 0.609. The molecule has 0 saturated carbocycles. The van der Waals surface area contributed by atoms with Gasteiger partial charge in [0.2, 0.25) is 0 Å². The Balaban J connectivity index is 1.90. The molecule has 0 aromatic carbocycles. The second-order valence-corrected chi connectivity index (χ2v) is 9.23. The fourth-order valence-corrected chi connectivity index (χ4v) is 4.12. The summed E-state index contributed by atoms with van der Waals surface area (Å²) < 4.78 is 47.7. The summed E-state index contributed by atoms with van der Waals surface area (Å²) in [6.45, 7) is 10.5. The number of alkyl halides is 3. The number of fused-ring (bicyclic) bond motifs is 1. The molecule has 1 fully saturated rings. The van der Waals surface area contributed by atoms with Crippen LogP contribution in [0.15, 0.2) is 18.3 Å². The molecule has 182 valence electrons. The molecule has 3 rings (SSSR count). The van der Waals surface area contributed by atoms with E-state index in [1.807, 2.05) is 20.8 Å². The lowest BCUT2D eigenvalue weighted by Gasteiger charge is -2.33. The maximum Gasteiger partial charge on any atom is 0.436 e. The van der Waals surface area contributed by atoms with Gasteiger partial charge in [0, 0.05) is 32.4 Å². The number of rotatable bonds is 4. The number of ether oxygens (including phenoxy) is 1. The molecule has 0 radical (unpaired) electrons. The molecule has 2 aromatic rings. The molecule has 3 heterocycles. The second-order valence-electron chi connectivity index (χ2n) is 9.23. The van der Waals surface area contributed by atoms with Crippen LogP contribution in [-0.4, -0.2) is 63.2 Å². The van der Waals surface area contributed by atoms with Gasteiger partial charge in [-0.1, -0.05) is 0 Å². The Morgan fingerprint density at radius 3 is 2.27 bits per heavy atom. The van der Waals surface area contributed by atoms with Gasteiger partial charge in [-0.2, -0.15) is 18.3 Å². The van der Waals surface area contributed by atoms with Gasteiger partial charge in [0.25, 0.3) is 5.91 Å². The van der Waals surface area contributed by atoms with Gasteiger partial charge >= 0.3 is 12.3 Å². The maximum atomic E-state index is 13.7. The highest BCUT2D eigenvalue weighted by molar-refractivity contribution is 6.02. The van der Waals surface area contributed by atoms with Crippen LogP contribution in [0.25, 0.3) is 5.52 Å². The summed E-state index contributed by atoms with van der Waals surface area (Å²) in [5.41, 5.74) is -1.19. The van der Waals surface area contributed by atoms with Crippen LogP contribution in [-0.2, 0) is 10.9 Å². The molecular formula is C23H31F3N4O3. The Hall–Kier alpha value is -2.78. The summed E-state index contributed by atoms with van der Waals surface area (Å²) in [6, 6.07) is 3.37. The number of carbonyl (C=O) groups is 2. The third-order valence-electron chi connectivity index (χ3n) is 5.81. The summed E-state index contributed by atoms with van der Waals surface area (Å²) in [4.78, 5) is 28.3. The number of pyridine rings is 1. The Bertz CT molecular complexity index is 1010. The normalized spacial score (nSPS) is 15.7. The van der Waals surface area contributed by atoms with Gasteiger partial charge < -0.3 is 14.5 Å². The minimum Gasteiger partial charge on any atom is -0.444 e. The second kappa shape index (κ2) is 9.23. The lowest BCUT2D eigenvalue weighted by atomic mass is 9.89. The van der Waals surface area contributed by atoms with Crippen molar-refractivity contribution in [2.24, 2.45) is 0 Å². The number of likely N-dealkylation sites (tertiary alicyclic amines) is 1. The van der Waals surface area contributed by atoms with E-state index in [0.717, 1.165) is 10.1 Å². The van der Waals surface area contributed by atoms with E-state index in [4.69, 9.17) is 4.74 Å². The van der Waals surface area contributed by atoms with Crippen molar-refractivity contribution in [1.29, 1.82) is 0 Å². The molecule has 2 amide bonds. The number of aromatic nitrogens is 2. The summed E-state index contributed by atoms with van der Waals surface area (Å²) in [5.74, 6) is -0.631. The van der Waals surface area contributed by atoms with E-state index in [1.54, 1.807) is 30.9 Å². The van der Waals surface area contributed by atoms with E-state index < -0.39 is 28.9 Å². The van der Waals surface area contributed by atoms with Crippen molar-refractivity contribution in [3.05, 3.63) is 35.2 Å². The molecule has 0 unspecified atom stereocenters. The molecular weight excluding hydrogens is 437 g/mol. The highest BCUT2D eigenvalue weighted by Crippen LogP contribution is 2.36.